The fraction of sp³-hybridized carbons (Fsp3) is 0.0714. The number of nitrogens with zero attached hydrogens (tertiary/aromatic N) is 1. The highest BCUT2D eigenvalue weighted by Gasteiger charge is 2.10. The number of anilines is 1. The molecule has 0 heterocycles. The smallest absolute Gasteiger partial charge is 0.255 e. The Balaban J connectivity index is 1.51. The molecular weight excluding hydrogens is 396 g/mol. The maximum atomic E-state index is 12.9. The maximum absolute atomic E-state index is 12.9. The first-order valence-electron chi connectivity index (χ1n) is 10.2. The number of benzene rings is 4. The van der Waals surface area contributed by atoms with Crippen molar-refractivity contribution in [3.63, 3.8) is 0 Å². The minimum atomic E-state index is -0.169. The van der Waals surface area contributed by atoms with Gasteiger partial charge in [0.2, 0.25) is 0 Å². The number of aryl methyl sites for hydroxylation is 1. The van der Waals surface area contributed by atoms with Crippen molar-refractivity contribution in [3.8, 4) is 34.1 Å². The number of methoxy groups -OCH3 is 1. The summed E-state index contributed by atoms with van der Waals surface area (Å²) < 4.78 is 5.20. The van der Waals surface area contributed by atoms with E-state index in [9.17, 15) is 4.79 Å². The van der Waals surface area contributed by atoms with Crippen molar-refractivity contribution < 1.29 is 9.53 Å². The SMILES string of the molecule is COc1ccc(-c2ccc(NC(=O)c3ccc(C)c(-c4ccc(C#N)cc4)c3)cc2)cc1. The highest BCUT2D eigenvalue weighted by molar-refractivity contribution is 6.05. The molecule has 0 aromatic heterocycles. The number of ether oxygens (including phenoxy) is 1. The molecule has 1 N–H and O–H groups in total. The molecule has 32 heavy (non-hydrogen) atoms. The van der Waals surface area contributed by atoms with Crippen LogP contribution in [0.5, 0.6) is 5.75 Å². The van der Waals surface area contributed by atoms with Crippen LogP contribution in [0.4, 0.5) is 5.69 Å². The van der Waals surface area contributed by atoms with Gasteiger partial charge in [0.1, 0.15) is 5.75 Å². The van der Waals surface area contributed by atoms with Gasteiger partial charge in [0, 0.05) is 11.3 Å². The molecule has 4 nitrogen and oxygen atoms in total. The summed E-state index contributed by atoms with van der Waals surface area (Å²) in [6, 6.07) is 30.8. The van der Waals surface area contributed by atoms with Gasteiger partial charge in [-0.1, -0.05) is 42.5 Å². The molecule has 0 bridgehead atoms. The average Bonchev–Trinajstić information content (AvgIpc) is 2.85. The van der Waals surface area contributed by atoms with Gasteiger partial charge in [-0.25, -0.2) is 0 Å². The fourth-order valence-corrected chi connectivity index (χ4v) is 3.53. The van der Waals surface area contributed by atoms with E-state index in [1.807, 2.05) is 85.8 Å². The zero-order valence-electron chi connectivity index (χ0n) is 17.9. The summed E-state index contributed by atoms with van der Waals surface area (Å²) in [5.74, 6) is 0.646. The monoisotopic (exact) mass is 418 g/mol. The van der Waals surface area contributed by atoms with E-state index < -0.39 is 0 Å². The molecule has 0 aliphatic rings. The molecule has 0 saturated carbocycles. The van der Waals surface area contributed by atoms with Crippen LogP contribution in [0.25, 0.3) is 22.3 Å². The second-order valence-corrected chi connectivity index (χ2v) is 7.48. The molecule has 0 atom stereocenters. The first-order valence-corrected chi connectivity index (χ1v) is 10.2. The summed E-state index contributed by atoms with van der Waals surface area (Å²) in [6.07, 6.45) is 0. The Morgan fingerprint density at radius 2 is 1.41 bits per heavy atom. The number of nitriles is 1. The van der Waals surface area contributed by atoms with Crippen LogP contribution < -0.4 is 10.1 Å². The lowest BCUT2D eigenvalue weighted by atomic mass is 9.97. The molecule has 4 heteroatoms. The van der Waals surface area contributed by atoms with Gasteiger partial charge in [-0.3, -0.25) is 4.79 Å². The van der Waals surface area contributed by atoms with Gasteiger partial charge in [-0.05, 0) is 83.3 Å². The van der Waals surface area contributed by atoms with Crippen LogP contribution in [-0.2, 0) is 0 Å². The summed E-state index contributed by atoms with van der Waals surface area (Å²) in [5.41, 5.74) is 7.06. The van der Waals surface area contributed by atoms with Gasteiger partial charge < -0.3 is 10.1 Å². The van der Waals surface area contributed by atoms with Gasteiger partial charge in [-0.15, -0.1) is 0 Å². The number of nitrogens with one attached hydrogen (secondary N) is 1. The second kappa shape index (κ2) is 9.20. The Bertz CT molecular complexity index is 1280. The van der Waals surface area contributed by atoms with Crippen molar-refractivity contribution in [2.24, 2.45) is 0 Å². The van der Waals surface area contributed by atoms with E-state index in [0.717, 1.165) is 39.3 Å². The predicted molar refractivity (Wildman–Crippen MR) is 128 cm³/mol. The lowest BCUT2D eigenvalue weighted by Crippen LogP contribution is -2.12. The van der Waals surface area contributed by atoms with E-state index in [0.29, 0.717) is 11.1 Å². The van der Waals surface area contributed by atoms with E-state index in [1.165, 1.54) is 0 Å². The first-order chi connectivity index (χ1) is 15.6. The van der Waals surface area contributed by atoms with Gasteiger partial charge in [-0.2, -0.15) is 5.26 Å². The van der Waals surface area contributed by atoms with Crippen LogP contribution in [0, 0.1) is 18.3 Å². The predicted octanol–water partition coefficient (Wildman–Crippen LogP) is 6.46. The maximum Gasteiger partial charge on any atom is 0.255 e. The third-order valence-electron chi connectivity index (χ3n) is 5.39. The summed E-state index contributed by atoms with van der Waals surface area (Å²) in [5, 5.41) is 12.0. The highest BCUT2D eigenvalue weighted by Crippen LogP contribution is 2.27. The van der Waals surface area contributed by atoms with E-state index in [4.69, 9.17) is 10.00 Å². The number of carbonyl (C=O) groups excluding carboxylic acids is 1. The quantitative estimate of drug-likeness (QED) is 0.404. The Morgan fingerprint density at radius 3 is 2.00 bits per heavy atom. The Morgan fingerprint density at radius 1 is 0.812 bits per heavy atom. The van der Waals surface area contributed by atoms with Gasteiger partial charge >= 0.3 is 0 Å². The largest absolute Gasteiger partial charge is 0.497 e. The zero-order chi connectivity index (χ0) is 22.5. The molecule has 4 aromatic rings. The van der Waals surface area contributed by atoms with Crippen molar-refractivity contribution >= 4 is 11.6 Å². The standard InChI is InChI=1S/C28H22N2O2/c1-19-3-6-24(17-27(19)23-7-4-20(18-29)5-8-23)28(31)30-25-13-9-21(10-14-25)22-11-15-26(32-2)16-12-22/h3-17H,1-2H3,(H,30,31). The summed E-state index contributed by atoms with van der Waals surface area (Å²) in [6.45, 7) is 2.01. The van der Waals surface area contributed by atoms with Gasteiger partial charge in [0.05, 0.1) is 18.7 Å². The van der Waals surface area contributed by atoms with Crippen molar-refractivity contribution in [2.45, 2.75) is 6.92 Å². The van der Waals surface area contributed by atoms with Crippen molar-refractivity contribution in [2.75, 3.05) is 12.4 Å². The molecule has 0 spiro atoms. The van der Waals surface area contributed by atoms with E-state index in [2.05, 4.69) is 11.4 Å². The number of carbonyl (C=O) groups is 1. The lowest BCUT2D eigenvalue weighted by Gasteiger charge is -2.11. The molecule has 0 fully saturated rings. The molecular formula is C28H22N2O2. The van der Waals surface area contributed by atoms with Crippen LogP contribution in [0.3, 0.4) is 0 Å². The van der Waals surface area contributed by atoms with Crippen LogP contribution in [0.15, 0.2) is 91.0 Å². The van der Waals surface area contributed by atoms with Crippen LogP contribution in [0.2, 0.25) is 0 Å². The Hall–Kier alpha value is -4.36. The summed E-state index contributed by atoms with van der Waals surface area (Å²) >= 11 is 0. The third kappa shape index (κ3) is 4.53. The van der Waals surface area contributed by atoms with Gasteiger partial charge in [0.25, 0.3) is 5.91 Å². The molecule has 4 rings (SSSR count). The first kappa shape index (κ1) is 20.9. The molecule has 156 valence electrons. The van der Waals surface area contributed by atoms with Crippen LogP contribution in [0.1, 0.15) is 21.5 Å². The molecule has 0 saturated heterocycles. The van der Waals surface area contributed by atoms with Crippen molar-refractivity contribution in [3.05, 3.63) is 108 Å². The molecule has 1 amide bonds. The summed E-state index contributed by atoms with van der Waals surface area (Å²) in [7, 11) is 1.65. The zero-order valence-corrected chi connectivity index (χ0v) is 17.9. The van der Waals surface area contributed by atoms with Crippen LogP contribution >= 0.6 is 0 Å². The average molecular weight is 418 g/mol. The number of rotatable bonds is 5. The molecule has 0 aliphatic carbocycles. The van der Waals surface area contributed by atoms with Crippen molar-refractivity contribution in [1.82, 2.24) is 0 Å². The highest BCUT2D eigenvalue weighted by atomic mass is 16.5. The molecule has 0 aliphatic heterocycles. The number of hydrogen-bond acceptors (Lipinski definition) is 3. The fourth-order valence-electron chi connectivity index (χ4n) is 3.53. The van der Waals surface area contributed by atoms with E-state index in [-0.39, 0.29) is 5.91 Å². The third-order valence-corrected chi connectivity index (χ3v) is 5.39. The summed E-state index contributed by atoms with van der Waals surface area (Å²) in [4.78, 5) is 12.9. The van der Waals surface area contributed by atoms with Crippen LogP contribution in [-0.4, -0.2) is 13.0 Å². The number of hydrogen-bond donors (Lipinski definition) is 1. The molecule has 0 radical (unpaired) electrons. The topological polar surface area (TPSA) is 62.1 Å². The van der Waals surface area contributed by atoms with Crippen molar-refractivity contribution in [1.29, 1.82) is 5.26 Å². The Kier molecular flexibility index (Phi) is 6.00. The molecule has 0 unspecified atom stereocenters. The van der Waals surface area contributed by atoms with E-state index in [1.54, 1.807) is 19.2 Å². The minimum Gasteiger partial charge on any atom is -0.497 e. The van der Waals surface area contributed by atoms with Gasteiger partial charge in [0.15, 0.2) is 0 Å². The number of amides is 1. The Labute approximate surface area is 187 Å². The minimum absolute atomic E-state index is 0.169. The lowest BCUT2D eigenvalue weighted by molar-refractivity contribution is 0.102. The normalized spacial score (nSPS) is 10.3. The second-order valence-electron chi connectivity index (χ2n) is 7.48. The molecule has 4 aromatic carbocycles. The van der Waals surface area contributed by atoms with E-state index >= 15 is 0 Å².